The minimum atomic E-state index is -2.96. The third-order valence-corrected chi connectivity index (χ3v) is 9.65. The molecule has 0 saturated carbocycles. The third kappa shape index (κ3) is 5.31. The summed E-state index contributed by atoms with van der Waals surface area (Å²) in [5.41, 5.74) is 4.70. The lowest BCUT2D eigenvalue weighted by Crippen LogP contribution is -2.34. The summed E-state index contributed by atoms with van der Waals surface area (Å²) in [4.78, 5) is 9.29. The van der Waals surface area contributed by atoms with E-state index < -0.39 is 7.52 Å². The Balaban J connectivity index is 1.34. The zero-order valence-corrected chi connectivity index (χ0v) is 22.1. The van der Waals surface area contributed by atoms with Crippen molar-refractivity contribution in [2.24, 2.45) is 0 Å². The minimum Gasteiger partial charge on any atom is -0.496 e. The first-order chi connectivity index (χ1) is 17.6. The Bertz CT molecular complexity index is 1370. The fourth-order valence-corrected chi connectivity index (χ4v) is 7.45. The van der Waals surface area contributed by atoms with Crippen LogP contribution in [-0.2, 0) is 20.0 Å². The van der Waals surface area contributed by atoms with Gasteiger partial charge in [-0.2, -0.15) is 0 Å². The number of para-hydroxylation sites is 1. The summed E-state index contributed by atoms with van der Waals surface area (Å²) < 4.78 is 33.3. The van der Waals surface area contributed by atoms with E-state index in [1.165, 1.54) is 0 Å². The second kappa shape index (κ2) is 11.1. The van der Waals surface area contributed by atoms with E-state index in [4.69, 9.17) is 19.0 Å². The van der Waals surface area contributed by atoms with E-state index in [0.717, 1.165) is 38.3 Å². The van der Waals surface area contributed by atoms with Gasteiger partial charge in [-0.25, -0.2) is 14.6 Å². The summed E-state index contributed by atoms with van der Waals surface area (Å²) in [5, 5.41) is 5.38. The summed E-state index contributed by atoms with van der Waals surface area (Å²) in [7, 11) is -1.29. The highest BCUT2D eigenvalue weighted by molar-refractivity contribution is 7.55. The average Bonchev–Trinajstić information content (AvgIpc) is 3.33. The lowest BCUT2D eigenvalue weighted by atomic mass is 10.1. The van der Waals surface area contributed by atoms with Gasteiger partial charge in [-0.3, -0.25) is 4.57 Å². The Morgan fingerprint density at radius 3 is 2.64 bits per heavy atom. The van der Waals surface area contributed by atoms with Crippen molar-refractivity contribution in [3.05, 3.63) is 65.7 Å². The highest BCUT2D eigenvalue weighted by Gasteiger charge is 2.33. The fraction of sp³-hybridized carbons (Fsp3) is 0.308. The van der Waals surface area contributed by atoms with Gasteiger partial charge in [-0.1, -0.05) is 30.3 Å². The molecule has 36 heavy (non-hydrogen) atoms. The van der Waals surface area contributed by atoms with E-state index in [1.54, 1.807) is 18.4 Å². The Morgan fingerprint density at radius 1 is 1.11 bits per heavy atom. The van der Waals surface area contributed by atoms with Crippen molar-refractivity contribution in [3.63, 3.8) is 0 Å². The first-order valence-corrected chi connectivity index (χ1v) is 14.5. The van der Waals surface area contributed by atoms with Crippen molar-refractivity contribution >= 4 is 40.7 Å². The smallest absolute Gasteiger partial charge is 0.276 e. The van der Waals surface area contributed by atoms with Gasteiger partial charge in [-0.15, -0.1) is 11.3 Å². The molecule has 1 unspecified atom stereocenters. The number of anilines is 2. The van der Waals surface area contributed by atoms with Crippen molar-refractivity contribution in [1.82, 2.24) is 14.6 Å². The van der Waals surface area contributed by atoms with E-state index in [1.807, 2.05) is 66.3 Å². The van der Waals surface area contributed by atoms with Gasteiger partial charge in [0.2, 0.25) is 5.95 Å². The van der Waals surface area contributed by atoms with Gasteiger partial charge in [0.25, 0.3) is 7.52 Å². The number of fused-ring (bicyclic) bond motifs is 1. The van der Waals surface area contributed by atoms with Crippen LogP contribution in [0.2, 0.25) is 0 Å². The van der Waals surface area contributed by atoms with Crippen LogP contribution in [0.5, 0.6) is 5.75 Å². The average molecular weight is 525 g/mol. The number of nitrogens with zero attached hydrogens (tertiary/aromatic N) is 3. The molecule has 0 amide bonds. The normalized spacial score (nSPS) is 16.1. The Labute approximate surface area is 214 Å². The Morgan fingerprint density at radius 2 is 1.89 bits per heavy atom. The largest absolute Gasteiger partial charge is 0.496 e. The van der Waals surface area contributed by atoms with Crippen LogP contribution in [0, 0.1) is 0 Å². The minimum absolute atomic E-state index is 0.362. The molecule has 5 rings (SSSR count). The molecule has 3 heterocycles. The number of morpholine rings is 1. The van der Waals surface area contributed by atoms with E-state index in [9.17, 15) is 4.57 Å². The number of methoxy groups -OCH3 is 1. The van der Waals surface area contributed by atoms with E-state index >= 15 is 0 Å². The Kier molecular flexibility index (Phi) is 7.65. The number of nitrogens with one attached hydrogen (secondary N) is 1. The highest BCUT2D eigenvalue weighted by atomic mass is 32.1. The van der Waals surface area contributed by atoms with E-state index in [2.05, 4.69) is 15.7 Å². The number of benzene rings is 2. The first-order valence-electron chi connectivity index (χ1n) is 11.9. The van der Waals surface area contributed by atoms with Gasteiger partial charge < -0.3 is 19.3 Å². The van der Waals surface area contributed by atoms with Gasteiger partial charge in [0.05, 0.1) is 49.5 Å². The molecule has 1 aliphatic rings. The predicted octanol–water partition coefficient (Wildman–Crippen LogP) is 6.17. The number of rotatable bonds is 9. The molecular weight excluding hydrogens is 495 g/mol. The van der Waals surface area contributed by atoms with Crippen molar-refractivity contribution in [1.29, 1.82) is 0 Å². The molecule has 10 heteroatoms. The van der Waals surface area contributed by atoms with E-state index in [-0.39, 0.29) is 0 Å². The molecule has 1 fully saturated rings. The summed E-state index contributed by atoms with van der Waals surface area (Å²) in [5.74, 6) is 1.32. The van der Waals surface area contributed by atoms with Crippen molar-refractivity contribution in [3.8, 4) is 16.9 Å². The Hall–Kier alpha value is -2.81. The summed E-state index contributed by atoms with van der Waals surface area (Å²) in [6, 6.07) is 15.8. The van der Waals surface area contributed by atoms with Gasteiger partial charge in [-0.05, 0) is 30.7 Å². The maximum atomic E-state index is 13.6. The van der Waals surface area contributed by atoms with E-state index in [0.29, 0.717) is 45.0 Å². The van der Waals surface area contributed by atoms with Crippen LogP contribution in [0.4, 0.5) is 11.6 Å². The molecular formula is C26H29N4O4PS. The molecule has 8 nitrogen and oxygen atoms in total. The molecule has 1 atom stereocenters. The predicted molar refractivity (Wildman–Crippen MR) is 144 cm³/mol. The van der Waals surface area contributed by atoms with Gasteiger partial charge in [0, 0.05) is 35.3 Å². The van der Waals surface area contributed by atoms with Gasteiger partial charge in [0.15, 0.2) is 0 Å². The lowest BCUT2D eigenvalue weighted by Gasteiger charge is -2.33. The van der Waals surface area contributed by atoms with Crippen molar-refractivity contribution < 1.29 is 18.6 Å². The standard InChI is InChI=1S/C26H29N4O4PS/c1-3-34-35(31,30-12-14-33-15-13-30)17-19-8-10-20(11-9-19)28-26-27-16-24-25(29-26)22(18-36-24)21-6-4-5-7-23(21)32-2/h4-11,16,18H,3,12-15,17H2,1-2H3,(H,27,28,29). The zero-order valence-electron chi connectivity index (χ0n) is 20.3. The molecule has 1 aliphatic heterocycles. The molecule has 4 aromatic rings. The van der Waals surface area contributed by atoms with Crippen molar-refractivity contribution in [2.75, 3.05) is 45.3 Å². The fourth-order valence-electron chi connectivity index (χ4n) is 4.29. The monoisotopic (exact) mass is 524 g/mol. The number of hydrogen-bond donors (Lipinski definition) is 1. The molecule has 1 saturated heterocycles. The molecule has 0 radical (unpaired) electrons. The molecule has 0 aliphatic carbocycles. The van der Waals surface area contributed by atoms with Gasteiger partial charge in [0.1, 0.15) is 5.75 Å². The second-order valence-corrected chi connectivity index (χ2v) is 11.7. The van der Waals surface area contributed by atoms with Crippen LogP contribution < -0.4 is 10.1 Å². The van der Waals surface area contributed by atoms with Crippen LogP contribution in [0.15, 0.2) is 60.1 Å². The summed E-state index contributed by atoms with van der Waals surface area (Å²) in [6.07, 6.45) is 2.20. The number of aromatic nitrogens is 2. The molecule has 2 aromatic carbocycles. The number of ether oxygens (including phenoxy) is 2. The topological polar surface area (TPSA) is 85.8 Å². The van der Waals surface area contributed by atoms with Crippen LogP contribution in [-0.4, -0.2) is 54.7 Å². The zero-order chi connectivity index (χ0) is 25.0. The lowest BCUT2D eigenvalue weighted by molar-refractivity contribution is 0.0648. The first kappa shape index (κ1) is 24.9. The third-order valence-electron chi connectivity index (χ3n) is 6.05. The molecule has 0 bridgehead atoms. The molecule has 0 spiro atoms. The van der Waals surface area contributed by atoms with Crippen LogP contribution in [0.3, 0.4) is 0 Å². The quantitative estimate of drug-likeness (QED) is 0.260. The molecule has 1 N–H and O–H groups in total. The van der Waals surface area contributed by atoms with Crippen LogP contribution in [0.25, 0.3) is 21.3 Å². The summed E-state index contributed by atoms with van der Waals surface area (Å²) >= 11 is 1.61. The maximum Gasteiger partial charge on any atom is 0.276 e. The number of thiophene rings is 1. The van der Waals surface area contributed by atoms with Crippen LogP contribution in [0.1, 0.15) is 12.5 Å². The van der Waals surface area contributed by atoms with Gasteiger partial charge >= 0.3 is 0 Å². The summed E-state index contributed by atoms with van der Waals surface area (Å²) in [6.45, 7) is 4.68. The molecule has 188 valence electrons. The second-order valence-electron chi connectivity index (χ2n) is 8.36. The van der Waals surface area contributed by atoms with Crippen molar-refractivity contribution in [2.45, 2.75) is 13.1 Å². The number of hydrogen-bond acceptors (Lipinski definition) is 8. The SMILES string of the molecule is CCOP(=O)(Cc1ccc(Nc2ncc3scc(-c4ccccc4OC)c3n2)cc1)N1CCOCC1. The molecule has 2 aromatic heterocycles. The maximum absolute atomic E-state index is 13.6. The highest BCUT2D eigenvalue weighted by Crippen LogP contribution is 2.54. The van der Waals surface area contributed by atoms with Crippen LogP contribution >= 0.6 is 18.9 Å².